The van der Waals surface area contributed by atoms with Gasteiger partial charge in [-0.15, -0.1) is 0 Å². The maximum Gasteiger partial charge on any atom is 0.305 e. The molecule has 25 heavy (non-hydrogen) atoms. The molecule has 0 unspecified atom stereocenters. The van der Waals surface area contributed by atoms with Crippen molar-refractivity contribution in [3.63, 3.8) is 0 Å². The molecule has 1 aromatic rings. The SMILES string of the molecule is CCCCCCCCCC(=O)OCCOCCOCc1ccccc1. The molecule has 0 aliphatic heterocycles. The molecule has 4 heteroatoms. The number of unbranched alkanes of at least 4 members (excludes halogenated alkanes) is 6. The lowest BCUT2D eigenvalue weighted by atomic mass is 10.1. The second kappa shape index (κ2) is 16.1. The van der Waals surface area contributed by atoms with Crippen LogP contribution in [0.25, 0.3) is 0 Å². The third kappa shape index (κ3) is 13.6. The summed E-state index contributed by atoms with van der Waals surface area (Å²) >= 11 is 0. The molecular formula is C21H34O4. The van der Waals surface area contributed by atoms with Gasteiger partial charge in [-0.1, -0.05) is 75.8 Å². The van der Waals surface area contributed by atoms with E-state index < -0.39 is 0 Å². The van der Waals surface area contributed by atoms with E-state index in [0.29, 0.717) is 39.5 Å². The Kier molecular flexibility index (Phi) is 13.9. The van der Waals surface area contributed by atoms with Crippen molar-refractivity contribution < 1.29 is 19.0 Å². The molecule has 4 nitrogen and oxygen atoms in total. The number of carbonyl (C=O) groups excluding carboxylic acids is 1. The van der Waals surface area contributed by atoms with Crippen LogP contribution in [0.4, 0.5) is 0 Å². The van der Waals surface area contributed by atoms with Crippen LogP contribution in [0.2, 0.25) is 0 Å². The van der Waals surface area contributed by atoms with Gasteiger partial charge >= 0.3 is 5.97 Å². The van der Waals surface area contributed by atoms with E-state index in [1.54, 1.807) is 0 Å². The highest BCUT2D eigenvalue weighted by atomic mass is 16.6. The van der Waals surface area contributed by atoms with Crippen LogP contribution in [0.5, 0.6) is 0 Å². The minimum Gasteiger partial charge on any atom is -0.463 e. The van der Waals surface area contributed by atoms with Crippen molar-refractivity contribution in [3.05, 3.63) is 35.9 Å². The average Bonchev–Trinajstić information content (AvgIpc) is 2.64. The molecule has 0 radical (unpaired) electrons. The summed E-state index contributed by atoms with van der Waals surface area (Å²) in [7, 11) is 0. The Morgan fingerprint density at radius 3 is 2.20 bits per heavy atom. The third-order valence-electron chi connectivity index (χ3n) is 3.96. The van der Waals surface area contributed by atoms with Crippen LogP contribution < -0.4 is 0 Å². The van der Waals surface area contributed by atoms with Crippen molar-refractivity contribution in [1.29, 1.82) is 0 Å². The molecule has 0 aromatic heterocycles. The summed E-state index contributed by atoms with van der Waals surface area (Å²) < 4.78 is 16.1. The predicted molar refractivity (Wildman–Crippen MR) is 100 cm³/mol. The summed E-state index contributed by atoms with van der Waals surface area (Å²) in [6.07, 6.45) is 8.98. The van der Waals surface area contributed by atoms with E-state index in [1.807, 2.05) is 30.3 Å². The van der Waals surface area contributed by atoms with Crippen molar-refractivity contribution in [1.82, 2.24) is 0 Å². The summed E-state index contributed by atoms with van der Waals surface area (Å²) in [6, 6.07) is 10.0. The largest absolute Gasteiger partial charge is 0.463 e. The molecule has 0 amide bonds. The van der Waals surface area contributed by atoms with Crippen LogP contribution in [0, 0.1) is 0 Å². The van der Waals surface area contributed by atoms with Crippen LogP contribution >= 0.6 is 0 Å². The Morgan fingerprint density at radius 1 is 0.800 bits per heavy atom. The molecule has 0 bridgehead atoms. The van der Waals surface area contributed by atoms with E-state index in [-0.39, 0.29) is 5.97 Å². The predicted octanol–water partition coefficient (Wildman–Crippen LogP) is 4.90. The van der Waals surface area contributed by atoms with Crippen molar-refractivity contribution in [2.24, 2.45) is 0 Å². The Hall–Kier alpha value is -1.39. The standard InChI is InChI=1S/C21H34O4/c1-2-3-4-5-6-7-11-14-21(22)25-18-17-23-15-16-24-19-20-12-9-8-10-13-20/h8-10,12-13H,2-7,11,14-19H2,1H3. The minimum atomic E-state index is -0.113. The van der Waals surface area contributed by atoms with E-state index in [9.17, 15) is 4.79 Å². The Morgan fingerprint density at radius 2 is 1.44 bits per heavy atom. The summed E-state index contributed by atoms with van der Waals surface area (Å²) in [5.74, 6) is -0.113. The van der Waals surface area contributed by atoms with Crippen LogP contribution in [-0.4, -0.2) is 32.4 Å². The molecule has 142 valence electrons. The van der Waals surface area contributed by atoms with E-state index in [2.05, 4.69) is 6.92 Å². The van der Waals surface area contributed by atoms with Gasteiger partial charge in [0.1, 0.15) is 6.61 Å². The maximum atomic E-state index is 11.6. The first kappa shape index (κ1) is 21.7. The highest BCUT2D eigenvalue weighted by Crippen LogP contribution is 2.08. The Balaban J connectivity index is 1.80. The zero-order valence-corrected chi connectivity index (χ0v) is 15.7. The monoisotopic (exact) mass is 350 g/mol. The first-order valence-electron chi connectivity index (χ1n) is 9.68. The van der Waals surface area contributed by atoms with E-state index in [0.717, 1.165) is 18.4 Å². The fraction of sp³-hybridized carbons (Fsp3) is 0.667. The number of carbonyl (C=O) groups is 1. The average molecular weight is 350 g/mol. The molecule has 0 fully saturated rings. The molecule has 0 spiro atoms. The molecule has 1 aromatic carbocycles. The zero-order chi connectivity index (χ0) is 18.0. The molecule has 0 aliphatic rings. The summed E-state index contributed by atoms with van der Waals surface area (Å²) in [4.78, 5) is 11.6. The van der Waals surface area contributed by atoms with Crippen molar-refractivity contribution in [2.75, 3.05) is 26.4 Å². The third-order valence-corrected chi connectivity index (χ3v) is 3.96. The van der Waals surface area contributed by atoms with Gasteiger partial charge in [-0.3, -0.25) is 4.79 Å². The molecule has 0 saturated heterocycles. The van der Waals surface area contributed by atoms with Gasteiger partial charge in [-0.2, -0.15) is 0 Å². The lowest BCUT2D eigenvalue weighted by Crippen LogP contribution is -2.12. The molecule has 0 N–H and O–H groups in total. The topological polar surface area (TPSA) is 44.8 Å². The van der Waals surface area contributed by atoms with Gasteiger partial charge in [0.05, 0.1) is 26.4 Å². The normalized spacial score (nSPS) is 10.8. The quantitative estimate of drug-likeness (QED) is 0.314. The minimum absolute atomic E-state index is 0.113. The van der Waals surface area contributed by atoms with Gasteiger partial charge in [-0.25, -0.2) is 0 Å². The Bertz CT molecular complexity index is 419. The summed E-state index contributed by atoms with van der Waals surface area (Å²) in [6.45, 7) is 4.63. The number of esters is 1. The van der Waals surface area contributed by atoms with Gasteiger partial charge in [0.25, 0.3) is 0 Å². The van der Waals surface area contributed by atoms with E-state index in [4.69, 9.17) is 14.2 Å². The van der Waals surface area contributed by atoms with Crippen molar-refractivity contribution in [3.8, 4) is 0 Å². The number of benzene rings is 1. The van der Waals surface area contributed by atoms with Gasteiger partial charge in [0, 0.05) is 6.42 Å². The van der Waals surface area contributed by atoms with E-state index in [1.165, 1.54) is 32.1 Å². The lowest BCUT2D eigenvalue weighted by molar-refractivity contribution is -0.145. The van der Waals surface area contributed by atoms with Crippen LogP contribution in [0.15, 0.2) is 30.3 Å². The second-order valence-corrected chi connectivity index (χ2v) is 6.24. The lowest BCUT2D eigenvalue weighted by Gasteiger charge is -2.07. The van der Waals surface area contributed by atoms with Gasteiger partial charge in [0.15, 0.2) is 0 Å². The fourth-order valence-corrected chi connectivity index (χ4v) is 2.50. The fourth-order valence-electron chi connectivity index (χ4n) is 2.50. The first-order valence-corrected chi connectivity index (χ1v) is 9.68. The number of ether oxygens (including phenoxy) is 3. The van der Waals surface area contributed by atoms with Crippen LogP contribution in [0.1, 0.15) is 63.9 Å². The van der Waals surface area contributed by atoms with Gasteiger partial charge < -0.3 is 14.2 Å². The van der Waals surface area contributed by atoms with E-state index >= 15 is 0 Å². The molecule has 0 saturated carbocycles. The molecule has 1 rings (SSSR count). The molecule has 0 aliphatic carbocycles. The first-order chi connectivity index (χ1) is 12.3. The zero-order valence-electron chi connectivity index (χ0n) is 15.7. The molecular weight excluding hydrogens is 316 g/mol. The van der Waals surface area contributed by atoms with Crippen LogP contribution in [-0.2, 0) is 25.6 Å². The second-order valence-electron chi connectivity index (χ2n) is 6.24. The summed E-state index contributed by atoms with van der Waals surface area (Å²) in [5.41, 5.74) is 1.15. The van der Waals surface area contributed by atoms with Crippen molar-refractivity contribution in [2.45, 2.75) is 64.9 Å². The Labute approximate surface area is 152 Å². The highest BCUT2D eigenvalue weighted by molar-refractivity contribution is 5.69. The van der Waals surface area contributed by atoms with Gasteiger partial charge in [-0.05, 0) is 12.0 Å². The molecule has 0 atom stereocenters. The van der Waals surface area contributed by atoms with Crippen molar-refractivity contribution >= 4 is 5.97 Å². The highest BCUT2D eigenvalue weighted by Gasteiger charge is 2.02. The maximum absolute atomic E-state index is 11.6. The smallest absolute Gasteiger partial charge is 0.305 e. The number of hydrogen-bond acceptors (Lipinski definition) is 4. The number of hydrogen-bond donors (Lipinski definition) is 0. The van der Waals surface area contributed by atoms with Gasteiger partial charge in [0.2, 0.25) is 0 Å². The molecule has 0 heterocycles. The van der Waals surface area contributed by atoms with Crippen LogP contribution in [0.3, 0.4) is 0 Å². The summed E-state index contributed by atoms with van der Waals surface area (Å²) in [5, 5.41) is 0. The number of rotatable bonds is 16.